The third-order valence-electron chi connectivity index (χ3n) is 3.69. The first-order chi connectivity index (χ1) is 10.8. The van der Waals surface area contributed by atoms with Gasteiger partial charge in [-0.1, -0.05) is 13.3 Å². The molecule has 0 bridgehead atoms. The molecule has 0 aromatic carbocycles. The summed E-state index contributed by atoms with van der Waals surface area (Å²) in [5, 5.41) is 0. The molecule has 0 spiro atoms. The second-order valence-electron chi connectivity index (χ2n) is 5.48. The van der Waals surface area contributed by atoms with E-state index in [0.29, 0.717) is 19.1 Å². The Hall–Kier alpha value is -1.24. The zero-order valence-electron chi connectivity index (χ0n) is 13.0. The van der Waals surface area contributed by atoms with Gasteiger partial charge in [-0.05, 0) is 47.7 Å². The molecule has 0 N–H and O–H groups in total. The van der Waals surface area contributed by atoms with Crippen LogP contribution in [0.2, 0.25) is 0 Å². The van der Waals surface area contributed by atoms with E-state index in [2.05, 4.69) is 15.9 Å². The van der Waals surface area contributed by atoms with Crippen molar-refractivity contribution in [3.05, 3.63) is 44.0 Å². The highest BCUT2D eigenvalue weighted by Gasteiger charge is 2.35. The van der Waals surface area contributed by atoms with Gasteiger partial charge in [0.05, 0.1) is 18.2 Å². The van der Waals surface area contributed by atoms with Crippen LogP contribution in [0.5, 0.6) is 0 Å². The molecule has 1 unspecified atom stereocenters. The van der Waals surface area contributed by atoms with Crippen LogP contribution in [0.15, 0.2) is 32.9 Å². The lowest BCUT2D eigenvalue weighted by Gasteiger charge is -2.24. The lowest BCUT2D eigenvalue weighted by atomic mass is 10.1. The molecule has 7 heteroatoms. The van der Waals surface area contributed by atoms with E-state index in [0.717, 1.165) is 30.6 Å². The van der Waals surface area contributed by atoms with Gasteiger partial charge in [-0.3, -0.25) is 4.79 Å². The molecule has 3 nitrogen and oxygen atoms in total. The zero-order valence-corrected chi connectivity index (χ0v) is 14.6. The Balaban J connectivity index is 2.51. The molecule has 1 atom stereocenters. The van der Waals surface area contributed by atoms with Crippen LogP contribution in [0.1, 0.15) is 51.1 Å². The van der Waals surface area contributed by atoms with Crippen molar-refractivity contribution in [2.45, 2.75) is 51.7 Å². The van der Waals surface area contributed by atoms with E-state index in [-0.39, 0.29) is 10.5 Å². The SMILES string of the molecule is CCCC(C(OCC)=C1CC1)n1cc(Br)c(C(F)(F)F)cc1=O. The number of ether oxygens (including phenoxy) is 1. The summed E-state index contributed by atoms with van der Waals surface area (Å²) in [4.78, 5) is 12.3. The van der Waals surface area contributed by atoms with E-state index in [1.54, 1.807) is 0 Å². The highest BCUT2D eigenvalue weighted by Crippen LogP contribution is 2.39. The molecule has 1 heterocycles. The Kier molecular flexibility index (Phi) is 5.60. The van der Waals surface area contributed by atoms with Gasteiger partial charge in [0.1, 0.15) is 5.76 Å². The highest BCUT2D eigenvalue weighted by atomic mass is 79.9. The fourth-order valence-corrected chi connectivity index (χ4v) is 3.11. The number of allylic oxidation sites excluding steroid dienone is 2. The molecule has 2 rings (SSSR count). The number of aromatic nitrogens is 1. The molecule has 1 saturated carbocycles. The topological polar surface area (TPSA) is 31.2 Å². The number of pyridine rings is 1. The first-order valence-electron chi connectivity index (χ1n) is 7.63. The van der Waals surface area contributed by atoms with E-state index in [4.69, 9.17) is 4.74 Å². The Morgan fingerprint density at radius 3 is 2.52 bits per heavy atom. The Morgan fingerprint density at radius 1 is 1.39 bits per heavy atom. The molecule has 23 heavy (non-hydrogen) atoms. The van der Waals surface area contributed by atoms with Crippen LogP contribution in [0.4, 0.5) is 13.2 Å². The van der Waals surface area contributed by atoms with Crippen molar-refractivity contribution >= 4 is 15.9 Å². The van der Waals surface area contributed by atoms with E-state index in [1.807, 2.05) is 13.8 Å². The fraction of sp³-hybridized carbons (Fsp3) is 0.562. The van der Waals surface area contributed by atoms with Crippen molar-refractivity contribution in [1.29, 1.82) is 0 Å². The first kappa shape index (κ1) is 18.1. The molecule has 0 saturated heterocycles. The molecule has 1 aromatic heterocycles. The van der Waals surface area contributed by atoms with Crippen LogP contribution in [-0.2, 0) is 10.9 Å². The highest BCUT2D eigenvalue weighted by molar-refractivity contribution is 9.10. The maximum atomic E-state index is 12.9. The van der Waals surface area contributed by atoms with Crippen LogP contribution in [-0.4, -0.2) is 11.2 Å². The van der Waals surface area contributed by atoms with Gasteiger partial charge in [0, 0.05) is 16.7 Å². The molecule has 1 fully saturated rings. The Morgan fingerprint density at radius 2 is 2.04 bits per heavy atom. The van der Waals surface area contributed by atoms with Crippen molar-refractivity contribution in [3.63, 3.8) is 0 Å². The molecule has 1 aliphatic carbocycles. The quantitative estimate of drug-likeness (QED) is 0.632. The van der Waals surface area contributed by atoms with Crippen molar-refractivity contribution < 1.29 is 17.9 Å². The normalized spacial score (nSPS) is 15.5. The number of hydrogen-bond acceptors (Lipinski definition) is 2. The third kappa shape index (κ3) is 4.19. The van der Waals surface area contributed by atoms with Crippen molar-refractivity contribution in [3.8, 4) is 0 Å². The van der Waals surface area contributed by atoms with E-state index >= 15 is 0 Å². The summed E-state index contributed by atoms with van der Waals surface area (Å²) in [5.74, 6) is 0.739. The van der Waals surface area contributed by atoms with Gasteiger partial charge in [-0.15, -0.1) is 0 Å². The van der Waals surface area contributed by atoms with Crippen molar-refractivity contribution in [2.75, 3.05) is 6.61 Å². The molecule has 1 aromatic rings. The van der Waals surface area contributed by atoms with Crippen molar-refractivity contribution in [2.24, 2.45) is 0 Å². The lowest BCUT2D eigenvalue weighted by Crippen LogP contribution is -2.28. The average molecular weight is 394 g/mol. The summed E-state index contributed by atoms with van der Waals surface area (Å²) in [6.07, 6.45) is -0.0587. The summed E-state index contributed by atoms with van der Waals surface area (Å²) >= 11 is 2.94. The van der Waals surface area contributed by atoms with Crippen LogP contribution in [0.3, 0.4) is 0 Å². The van der Waals surface area contributed by atoms with Crippen LogP contribution in [0.25, 0.3) is 0 Å². The van der Waals surface area contributed by atoms with Crippen LogP contribution < -0.4 is 5.56 Å². The molecule has 0 amide bonds. The molecular formula is C16H19BrF3NO2. The van der Waals surface area contributed by atoms with Crippen LogP contribution >= 0.6 is 15.9 Å². The van der Waals surface area contributed by atoms with Gasteiger partial charge in [-0.25, -0.2) is 0 Å². The smallest absolute Gasteiger partial charge is 0.417 e. The number of nitrogens with zero attached hydrogens (tertiary/aromatic N) is 1. The molecular weight excluding hydrogens is 375 g/mol. The van der Waals surface area contributed by atoms with E-state index < -0.39 is 17.3 Å². The van der Waals surface area contributed by atoms with Crippen molar-refractivity contribution in [1.82, 2.24) is 4.57 Å². The third-order valence-corrected chi connectivity index (χ3v) is 4.32. The summed E-state index contributed by atoms with van der Waals surface area (Å²) in [6, 6.07) is 0.289. The minimum Gasteiger partial charge on any atom is -0.496 e. The maximum absolute atomic E-state index is 12.9. The predicted molar refractivity (Wildman–Crippen MR) is 85.2 cm³/mol. The standard InChI is InChI=1S/C16H19BrF3NO2/c1-3-5-13(15(23-4-2)10-6-7-10)21-9-12(17)11(8-14(21)22)16(18,19)20/h8-9,13H,3-7H2,1-2H3. The zero-order chi connectivity index (χ0) is 17.2. The maximum Gasteiger partial charge on any atom is 0.417 e. The summed E-state index contributed by atoms with van der Waals surface area (Å²) in [5.41, 5.74) is -0.475. The average Bonchev–Trinajstić information content (AvgIpc) is 3.28. The van der Waals surface area contributed by atoms with Gasteiger partial charge < -0.3 is 9.30 Å². The lowest BCUT2D eigenvalue weighted by molar-refractivity contribution is -0.138. The Labute approximate surface area is 141 Å². The van der Waals surface area contributed by atoms with Gasteiger partial charge in [0.25, 0.3) is 5.56 Å². The number of hydrogen-bond donors (Lipinski definition) is 0. The van der Waals surface area contributed by atoms with E-state index in [1.165, 1.54) is 10.8 Å². The summed E-state index contributed by atoms with van der Waals surface area (Å²) in [6.45, 7) is 4.30. The number of halogens is 4. The van der Waals surface area contributed by atoms with E-state index in [9.17, 15) is 18.0 Å². The first-order valence-corrected chi connectivity index (χ1v) is 8.42. The molecule has 0 aliphatic heterocycles. The second kappa shape index (κ2) is 7.11. The van der Waals surface area contributed by atoms with Gasteiger partial charge in [-0.2, -0.15) is 13.2 Å². The number of alkyl halides is 3. The molecule has 1 aliphatic rings. The van der Waals surface area contributed by atoms with Gasteiger partial charge in [0.15, 0.2) is 0 Å². The Bertz CT molecular complexity index is 658. The minimum absolute atomic E-state index is 0.137. The molecule has 0 radical (unpaired) electrons. The predicted octanol–water partition coefficient (Wildman–Crippen LogP) is 5.06. The summed E-state index contributed by atoms with van der Waals surface area (Å²) < 4.78 is 45.7. The van der Waals surface area contributed by atoms with Gasteiger partial charge >= 0.3 is 6.18 Å². The monoisotopic (exact) mass is 393 g/mol. The summed E-state index contributed by atoms with van der Waals surface area (Å²) in [7, 11) is 0. The fourth-order valence-electron chi connectivity index (χ4n) is 2.55. The van der Waals surface area contributed by atoms with Gasteiger partial charge in [0.2, 0.25) is 0 Å². The second-order valence-corrected chi connectivity index (χ2v) is 6.34. The largest absolute Gasteiger partial charge is 0.496 e. The number of rotatable bonds is 6. The minimum atomic E-state index is -4.56. The van der Waals surface area contributed by atoms with Crippen LogP contribution in [0, 0.1) is 0 Å². The molecule has 128 valence electrons.